The maximum atomic E-state index is 12.3. The molecule has 0 aliphatic carbocycles. The van der Waals surface area contributed by atoms with Crippen molar-refractivity contribution in [2.45, 2.75) is 39.4 Å². The highest BCUT2D eigenvalue weighted by molar-refractivity contribution is 5.95. The molecule has 0 aliphatic heterocycles. The zero-order valence-electron chi connectivity index (χ0n) is 14.7. The molecule has 2 rings (SSSR count). The van der Waals surface area contributed by atoms with Crippen molar-refractivity contribution in [2.75, 3.05) is 5.32 Å². The van der Waals surface area contributed by atoms with Crippen LogP contribution in [0.3, 0.4) is 0 Å². The Balaban J connectivity index is 1.93. The second-order valence-corrected chi connectivity index (χ2v) is 5.71. The molecule has 2 atom stereocenters. The lowest BCUT2D eigenvalue weighted by Gasteiger charge is -2.19. The van der Waals surface area contributed by atoms with Gasteiger partial charge in [-0.05, 0) is 44.0 Å². The summed E-state index contributed by atoms with van der Waals surface area (Å²) in [4.78, 5) is 24.5. The molecule has 1 amide bonds. The van der Waals surface area contributed by atoms with Gasteiger partial charge < -0.3 is 14.8 Å². The van der Waals surface area contributed by atoms with Gasteiger partial charge in [-0.2, -0.15) is 0 Å². The molecule has 25 heavy (non-hydrogen) atoms. The van der Waals surface area contributed by atoms with Gasteiger partial charge in [0.1, 0.15) is 5.75 Å². The maximum absolute atomic E-state index is 12.3. The van der Waals surface area contributed by atoms with Gasteiger partial charge in [-0.15, -0.1) is 0 Å². The third kappa shape index (κ3) is 5.35. The van der Waals surface area contributed by atoms with Crippen LogP contribution in [0.5, 0.6) is 5.75 Å². The largest absolute Gasteiger partial charge is 0.479 e. The SMILES string of the molecule is CC[C@H](Oc1ccccc1)C(=O)O[C@H](C)C(=O)Nc1ccccc1C. The van der Waals surface area contributed by atoms with Crippen LogP contribution in [0.2, 0.25) is 0 Å². The van der Waals surface area contributed by atoms with Crippen molar-refractivity contribution < 1.29 is 19.1 Å². The highest BCUT2D eigenvalue weighted by atomic mass is 16.6. The number of hydrogen-bond donors (Lipinski definition) is 1. The number of ether oxygens (including phenoxy) is 2. The number of hydrogen-bond acceptors (Lipinski definition) is 4. The van der Waals surface area contributed by atoms with Gasteiger partial charge in [-0.25, -0.2) is 4.79 Å². The zero-order valence-corrected chi connectivity index (χ0v) is 14.7. The smallest absolute Gasteiger partial charge is 0.348 e. The second-order valence-electron chi connectivity index (χ2n) is 5.71. The van der Waals surface area contributed by atoms with Crippen LogP contribution in [0.25, 0.3) is 0 Å². The Labute approximate surface area is 148 Å². The fourth-order valence-corrected chi connectivity index (χ4v) is 2.21. The van der Waals surface area contributed by atoms with Crippen LogP contribution in [0.1, 0.15) is 25.8 Å². The van der Waals surface area contributed by atoms with E-state index in [4.69, 9.17) is 9.47 Å². The molecule has 0 saturated carbocycles. The Morgan fingerprint density at radius 3 is 2.32 bits per heavy atom. The Kier molecular flexibility index (Phi) is 6.57. The van der Waals surface area contributed by atoms with Crippen LogP contribution in [0.4, 0.5) is 5.69 Å². The van der Waals surface area contributed by atoms with Gasteiger partial charge >= 0.3 is 5.97 Å². The number of amides is 1. The summed E-state index contributed by atoms with van der Waals surface area (Å²) >= 11 is 0. The molecule has 0 heterocycles. The van der Waals surface area contributed by atoms with Gasteiger partial charge in [0, 0.05) is 5.69 Å². The quantitative estimate of drug-likeness (QED) is 0.780. The molecule has 2 aromatic rings. The Morgan fingerprint density at radius 1 is 1.04 bits per heavy atom. The van der Waals surface area contributed by atoms with Gasteiger partial charge in [0.05, 0.1) is 0 Å². The minimum absolute atomic E-state index is 0.378. The maximum Gasteiger partial charge on any atom is 0.348 e. The van der Waals surface area contributed by atoms with Crippen LogP contribution >= 0.6 is 0 Å². The summed E-state index contributed by atoms with van der Waals surface area (Å²) in [5, 5.41) is 2.76. The number of anilines is 1. The first-order valence-electron chi connectivity index (χ1n) is 8.30. The normalized spacial score (nSPS) is 12.8. The van der Waals surface area contributed by atoms with Gasteiger partial charge in [-0.3, -0.25) is 4.79 Å². The molecule has 0 bridgehead atoms. The molecule has 0 aliphatic rings. The number of carbonyl (C=O) groups excluding carboxylic acids is 2. The highest BCUT2D eigenvalue weighted by Gasteiger charge is 2.25. The third-order valence-corrected chi connectivity index (χ3v) is 3.72. The Hall–Kier alpha value is -2.82. The fourth-order valence-electron chi connectivity index (χ4n) is 2.21. The first kappa shape index (κ1) is 18.5. The number of para-hydroxylation sites is 2. The predicted molar refractivity (Wildman–Crippen MR) is 96.5 cm³/mol. The van der Waals surface area contributed by atoms with Gasteiger partial charge in [0.25, 0.3) is 5.91 Å². The topological polar surface area (TPSA) is 64.6 Å². The molecule has 1 N–H and O–H groups in total. The molecular formula is C20H23NO4. The Morgan fingerprint density at radius 2 is 1.68 bits per heavy atom. The lowest BCUT2D eigenvalue weighted by molar-refractivity contribution is -0.160. The standard InChI is InChI=1S/C20H23NO4/c1-4-18(25-16-11-6-5-7-12-16)20(23)24-15(3)19(22)21-17-13-9-8-10-14(17)2/h5-13,15,18H,4H2,1-3H3,(H,21,22)/t15-,18+/m1/s1. The van der Waals surface area contributed by atoms with E-state index in [0.29, 0.717) is 17.9 Å². The lowest BCUT2D eigenvalue weighted by atomic mass is 10.2. The minimum atomic E-state index is -0.916. The molecule has 2 aromatic carbocycles. The third-order valence-electron chi connectivity index (χ3n) is 3.72. The van der Waals surface area contributed by atoms with Gasteiger partial charge in [0.15, 0.2) is 12.2 Å². The van der Waals surface area contributed by atoms with Crippen molar-refractivity contribution in [3.8, 4) is 5.75 Å². The molecule has 5 nitrogen and oxygen atoms in total. The number of nitrogens with one attached hydrogen (secondary N) is 1. The van der Waals surface area contributed by atoms with Crippen LogP contribution in [0.15, 0.2) is 54.6 Å². The summed E-state index contributed by atoms with van der Waals surface area (Å²) < 4.78 is 10.9. The van der Waals surface area contributed by atoms with Crippen molar-refractivity contribution in [3.05, 3.63) is 60.2 Å². The summed E-state index contributed by atoms with van der Waals surface area (Å²) in [6, 6.07) is 16.5. The molecule has 0 unspecified atom stereocenters. The van der Waals surface area contributed by atoms with E-state index in [2.05, 4.69) is 5.32 Å². The molecule has 5 heteroatoms. The second kappa shape index (κ2) is 8.87. The van der Waals surface area contributed by atoms with E-state index in [-0.39, 0.29) is 5.91 Å². The molecule has 0 radical (unpaired) electrons. The van der Waals surface area contributed by atoms with E-state index in [0.717, 1.165) is 5.56 Å². The molecule has 0 fully saturated rings. The lowest BCUT2D eigenvalue weighted by Crippen LogP contribution is -2.36. The van der Waals surface area contributed by atoms with Crippen LogP contribution in [0, 0.1) is 6.92 Å². The van der Waals surface area contributed by atoms with Crippen LogP contribution < -0.4 is 10.1 Å². The number of benzene rings is 2. The van der Waals surface area contributed by atoms with E-state index < -0.39 is 18.2 Å². The fraction of sp³-hybridized carbons (Fsp3) is 0.300. The van der Waals surface area contributed by atoms with Crippen molar-refractivity contribution in [1.82, 2.24) is 0 Å². The van der Waals surface area contributed by atoms with Crippen molar-refractivity contribution in [3.63, 3.8) is 0 Å². The first-order chi connectivity index (χ1) is 12.0. The molecule has 0 saturated heterocycles. The Bertz CT molecular complexity index is 715. The average molecular weight is 341 g/mol. The summed E-state index contributed by atoms with van der Waals surface area (Å²) in [7, 11) is 0. The molecule has 132 valence electrons. The molecular weight excluding hydrogens is 318 g/mol. The predicted octanol–water partition coefficient (Wildman–Crippen LogP) is 3.72. The minimum Gasteiger partial charge on any atom is -0.479 e. The van der Waals surface area contributed by atoms with E-state index in [1.165, 1.54) is 0 Å². The van der Waals surface area contributed by atoms with Gasteiger partial charge in [0.2, 0.25) is 0 Å². The number of aryl methyl sites for hydroxylation is 1. The number of carbonyl (C=O) groups is 2. The monoisotopic (exact) mass is 341 g/mol. The van der Waals surface area contributed by atoms with E-state index in [1.807, 2.05) is 50.2 Å². The van der Waals surface area contributed by atoms with Crippen molar-refractivity contribution in [1.29, 1.82) is 0 Å². The van der Waals surface area contributed by atoms with Crippen LogP contribution in [-0.2, 0) is 14.3 Å². The van der Waals surface area contributed by atoms with Crippen molar-refractivity contribution >= 4 is 17.6 Å². The van der Waals surface area contributed by atoms with E-state index in [9.17, 15) is 9.59 Å². The van der Waals surface area contributed by atoms with Crippen LogP contribution in [-0.4, -0.2) is 24.1 Å². The molecule has 0 aromatic heterocycles. The number of esters is 1. The molecule has 0 spiro atoms. The summed E-state index contributed by atoms with van der Waals surface area (Å²) in [6.45, 7) is 5.26. The summed E-state index contributed by atoms with van der Waals surface area (Å²) in [5.74, 6) is -0.348. The summed E-state index contributed by atoms with van der Waals surface area (Å²) in [6.07, 6.45) is -1.23. The van der Waals surface area contributed by atoms with Gasteiger partial charge in [-0.1, -0.05) is 43.3 Å². The van der Waals surface area contributed by atoms with Crippen molar-refractivity contribution in [2.24, 2.45) is 0 Å². The summed E-state index contributed by atoms with van der Waals surface area (Å²) in [5.41, 5.74) is 1.64. The highest BCUT2D eigenvalue weighted by Crippen LogP contribution is 2.16. The zero-order chi connectivity index (χ0) is 18.2. The average Bonchev–Trinajstić information content (AvgIpc) is 2.62. The van der Waals surface area contributed by atoms with E-state index >= 15 is 0 Å². The van der Waals surface area contributed by atoms with E-state index in [1.54, 1.807) is 25.1 Å². The number of rotatable bonds is 7. The first-order valence-corrected chi connectivity index (χ1v) is 8.30.